The molecule has 0 spiro atoms. The van der Waals surface area contributed by atoms with Crippen molar-refractivity contribution in [3.8, 4) is 0 Å². The summed E-state index contributed by atoms with van der Waals surface area (Å²) in [4.78, 5) is 41.7. The van der Waals surface area contributed by atoms with Gasteiger partial charge in [-0.15, -0.1) is 0 Å². The van der Waals surface area contributed by atoms with E-state index in [1.54, 1.807) is 35.2 Å². The van der Waals surface area contributed by atoms with E-state index in [1.165, 1.54) is 0 Å². The molecule has 1 saturated heterocycles. The number of nitrogens with zero attached hydrogens (tertiary/aromatic N) is 1. The van der Waals surface area contributed by atoms with Crippen molar-refractivity contribution in [2.24, 2.45) is 5.92 Å². The number of carbonyl (C=O) groups is 3. The molecule has 3 N–H and O–H groups in total. The van der Waals surface area contributed by atoms with E-state index in [0.717, 1.165) is 16.6 Å². The van der Waals surface area contributed by atoms with Gasteiger partial charge in [0.2, 0.25) is 11.8 Å². The fraction of sp³-hybridized carbons (Fsp3) is 0.227. The Morgan fingerprint density at radius 3 is 2.63 bits per heavy atom. The molecule has 0 radical (unpaired) electrons. The average Bonchev–Trinajstić information content (AvgIpc) is 3.37. The van der Waals surface area contributed by atoms with Crippen LogP contribution in [0.1, 0.15) is 16.8 Å². The third-order valence-electron chi connectivity index (χ3n) is 5.16. The molecule has 30 heavy (non-hydrogen) atoms. The number of aromatic nitrogens is 1. The highest BCUT2D eigenvalue weighted by Gasteiger charge is 2.34. The topological polar surface area (TPSA) is 94.3 Å². The van der Waals surface area contributed by atoms with E-state index in [4.69, 9.17) is 11.6 Å². The van der Waals surface area contributed by atoms with Crippen molar-refractivity contribution >= 4 is 45.9 Å². The largest absolute Gasteiger partial charge is 0.361 e. The molecule has 0 saturated carbocycles. The van der Waals surface area contributed by atoms with Crippen LogP contribution in [-0.4, -0.2) is 42.3 Å². The van der Waals surface area contributed by atoms with Crippen molar-refractivity contribution in [1.29, 1.82) is 0 Å². The van der Waals surface area contributed by atoms with E-state index in [0.29, 0.717) is 30.2 Å². The standard InChI is InChI=1S/C22H21ClN4O3/c23-17-2-4-18(5-3-17)27-13-16(12-20(27)28)22(30)26-10-9-25-21(29)15-1-6-19-14(11-15)7-8-24-19/h1-8,11,16,24H,9-10,12-13H2,(H,25,29)(H,26,30)/t16-/m1/s1. The molecule has 1 aliphatic heterocycles. The van der Waals surface area contributed by atoms with Crippen LogP contribution < -0.4 is 15.5 Å². The van der Waals surface area contributed by atoms with Crippen LogP contribution >= 0.6 is 11.6 Å². The van der Waals surface area contributed by atoms with Crippen molar-refractivity contribution in [3.63, 3.8) is 0 Å². The zero-order chi connectivity index (χ0) is 21.1. The average molecular weight is 425 g/mol. The van der Waals surface area contributed by atoms with Crippen LogP contribution in [0.5, 0.6) is 0 Å². The molecule has 0 unspecified atom stereocenters. The summed E-state index contributed by atoms with van der Waals surface area (Å²) in [6.45, 7) is 0.926. The summed E-state index contributed by atoms with van der Waals surface area (Å²) >= 11 is 5.89. The van der Waals surface area contributed by atoms with Gasteiger partial charge in [-0.05, 0) is 48.5 Å². The Hall–Kier alpha value is -3.32. The van der Waals surface area contributed by atoms with Crippen LogP contribution in [0.2, 0.25) is 5.02 Å². The summed E-state index contributed by atoms with van der Waals surface area (Å²) in [5.74, 6) is -0.897. The first-order valence-electron chi connectivity index (χ1n) is 9.70. The van der Waals surface area contributed by atoms with Gasteiger partial charge in [-0.1, -0.05) is 11.6 Å². The third-order valence-corrected chi connectivity index (χ3v) is 5.41. The summed E-state index contributed by atoms with van der Waals surface area (Å²) in [6.07, 6.45) is 1.99. The first-order chi connectivity index (χ1) is 14.5. The molecule has 1 atom stereocenters. The highest BCUT2D eigenvalue weighted by molar-refractivity contribution is 6.30. The van der Waals surface area contributed by atoms with Crippen molar-refractivity contribution in [3.05, 3.63) is 65.3 Å². The molecule has 8 heteroatoms. The van der Waals surface area contributed by atoms with Crippen LogP contribution in [0.25, 0.3) is 10.9 Å². The quantitative estimate of drug-likeness (QED) is 0.531. The monoisotopic (exact) mass is 424 g/mol. The van der Waals surface area contributed by atoms with Gasteiger partial charge in [0.1, 0.15) is 0 Å². The Labute approximate surface area is 178 Å². The number of halogens is 1. The fourth-order valence-electron chi connectivity index (χ4n) is 3.56. The van der Waals surface area contributed by atoms with E-state index in [-0.39, 0.29) is 24.1 Å². The lowest BCUT2D eigenvalue weighted by molar-refractivity contribution is -0.126. The molecule has 2 heterocycles. The van der Waals surface area contributed by atoms with Crippen molar-refractivity contribution in [1.82, 2.24) is 15.6 Å². The molecule has 3 amide bonds. The molecule has 3 aromatic rings. The molecular weight excluding hydrogens is 404 g/mol. The van der Waals surface area contributed by atoms with Gasteiger partial charge in [-0.3, -0.25) is 14.4 Å². The first kappa shape index (κ1) is 20.0. The number of nitrogens with one attached hydrogen (secondary N) is 3. The summed E-state index contributed by atoms with van der Waals surface area (Å²) in [5.41, 5.74) is 2.26. The predicted octanol–water partition coefficient (Wildman–Crippen LogP) is 2.72. The normalized spacial score (nSPS) is 16.1. The molecule has 154 valence electrons. The molecule has 1 fully saturated rings. The minimum Gasteiger partial charge on any atom is -0.361 e. The lowest BCUT2D eigenvalue weighted by Crippen LogP contribution is -2.38. The van der Waals surface area contributed by atoms with Gasteiger partial charge in [0.15, 0.2) is 0 Å². The van der Waals surface area contributed by atoms with E-state index >= 15 is 0 Å². The third kappa shape index (κ3) is 4.31. The summed E-state index contributed by atoms with van der Waals surface area (Å²) < 4.78 is 0. The molecule has 1 aliphatic rings. The summed E-state index contributed by atoms with van der Waals surface area (Å²) in [6, 6.07) is 14.3. The summed E-state index contributed by atoms with van der Waals surface area (Å²) in [7, 11) is 0. The Morgan fingerprint density at radius 1 is 1.07 bits per heavy atom. The van der Waals surface area contributed by atoms with Crippen LogP contribution in [0, 0.1) is 5.92 Å². The fourth-order valence-corrected chi connectivity index (χ4v) is 3.68. The van der Waals surface area contributed by atoms with Crippen molar-refractivity contribution < 1.29 is 14.4 Å². The van der Waals surface area contributed by atoms with Crippen LogP contribution in [0.4, 0.5) is 5.69 Å². The zero-order valence-corrected chi connectivity index (χ0v) is 16.9. The number of rotatable bonds is 6. The Bertz CT molecular complexity index is 1090. The minimum absolute atomic E-state index is 0.0917. The van der Waals surface area contributed by atoms with E-state index in [2.05, 4.69) is 15.6 Å². The van der Waals surface area contributed by atoms with E-state index in [9.17, 15) is 14.4 Å². The molecule has 2 aromatic carbocycles. The van der Waals surface area contributed by atoms with Crippen molar-refractivity contribution in [2.45, 2.75) is 6.42 Å². The lowest BCUT2D eigenvalue weighted by atomic mass is 10.1. The maximum atomic E-state index is 12.4. The second-order valence-corrected chi connectivity index (χ2v) is 7.64. The smallest absolute Gasteiger partial charge is 0.251 e. The van der Waals surface area contributed by atoms with Gasteiger partial charge >= 0.3 is 0 Å². The van der Waals surface area contributed by atoms with Gasteiger partial charge in [0, 0.05) is 59.4 Å². The van der Waals surface area contributed by atoms with E-state index in [1.807, 2.05) is 24.4 Å². The first-order valence-corrected chi connectivity index (χ1v) is 10.1. The molecule has 4 rings (SSSR count). The summed E-state index contributed by atoms with van der Waals surface area (Å²) in [5, 5.41) is 7.15. The lowest BCUT2D eigenvalue weighted by Gasteiger charge is -2.16. The maximum absolute atomic E-state index is 12.4. The number of anilines is 1. The molecule has 0 aliphatic carbocycles. The Kier molecular flexibility index (Phi) is 5.72. The Balaban J connectivity index is 1.24. The number of carbonyl (C=O) groups excluding carboxylic acids is 3. The molecule has 1 aromatic heterocycles. The van der Waals surface area contributed by atoms with Gasteiger partial charge in [0.25, 0.3) is 5.91 Å². The Morgan fingerprint density at radius 2 is 1.83 bits per heavy atom. The number of H-pyrrole nitrogens is 1. The highest BCUT2D eigenvalue weighted by Crippen LogP contribution is 2.26. The number of benzene rings is 2. The molecule has 0 bridgehead atoms. The van der Waals surface area contributed by atoms with Crippen molar-refractivity contribution in [2.75, 3.05) is 24.5 Å². The number of fused-ring (bicyclic) bond motifs is 1. The number of hydrogen-bond donors (Lipinski definition) is 3. The second kappa shape index (κ2) is 8.59. The maximum Gasteiger partial charge on any atom is 0.251 e. The molecule has 7 nitrogen and oxygen atoms in total. The van der Waals surface area contributed by atoms with Crippen LogP contribution in [-0.2, 0) is 9.59 Å². The van der Waals surface area contributed by atoms with Gasteiger partial charge in [-0.25, -0.2) is 0 Å². The zero-order valence-electron chi connectivity index (χ0n) is 16.2. The van der Waals surface area contributed by atoms with Gasteiger partial charge < -0.3 is 20.5 Å². The number of hydrogen-bond acceptors (Lipinski definition) is 3. The van der Waals surface area contributed by atoms with Crippen LogP contribution in [0.3, 0.4) is 0 Å². The van der Waals surface area contributed by atoms with Gasteiger partial charge in [-0.2, -0.15) is 0 Å². The van der Waals surface area contributed by atoms with E-state index < -0.39 is 5.92 Å². The number of aromatic amines is 1. The van der Waals surface area contributed by atoms with Gasteiger partial charge in [0.05, 0.1) is 5.92 Å². The highest BCUT2D eigenvalue weighted by atomic mass is 35.5. The molecular formula is C22H21ClN4O3. The van der Waals surface area contributed by atoms with Crippen LogP contribution in [0.15, 0.2) is 54.7 Å². The minimum atomic E-state index is -0.417. The SMILES string of the molecule is O=C(NCCNC(=O)[C@@H]1CC(=O)N(c2ccc(Cl)cc2)C1)c1ccc2[nH]ccc2c1. The second-order valence-electron chi connectivity index (χ2n) is 7.21. The number of amides is 3. The predicted molar refractivity (Wildman–Crippen MR) is 116 cm³/mol.